The highest BCUT2D eigenvalue weighted by Crippen LogP contribution is 2.47. The molecule has 5 heteroatoms. The lowest BCUT2D eigenvalue weighted by atomic mass is 10.1. The average molecular weight is 352 g/mol. The molecule has 2 aromatic rings. The SMILES string of the molecule is Cc1cccc(C)c1N=C1NC(=O)/C(=C/c2ccc([C@H]3C[C@H]3C)o2)S1. The average Bonchev–Trinajstić information content (AvgIpc) is 2.97. The number of hydrogen-bond acceptors (Lipinski definition) is 4. The van der Waals surface area contributed by atoms with Crippen LogP contribution in [0.3, 0.4) is 0 Å². The Morgan fingerprint density at radius 1 is 1.24 bits per heavy atom. The molecule has 4 rings (SSSR count). The molecule has 25 heavy (non-hydrogen) atoms. The van der Waals surface area contributed by atoms with Gasteiger partial charge in [-0.3, -0.25) is 4.79 Å². The Morgan fingerprint density at radius 3 is 2.64 bits per heavy atom. The Bertz CT molecular complexity index is 890. The lowest BCUT2D eigenvalue weighted by molar-refractivity contribution is -0.115. The number of aryl methyl sites for hydroxylation is 2. The lowest BCUT2D eigenvalue weighted by Gasteiger charge is -2.04. The van der Waals surface area contributed by atoms with Gasteiger partial charge in [-0.2, -0.15) is 0 Å². The van der Waals surface area contributed by atoms with Gasteiger partial charge in [-0.05, 0) is 61.2 Å². The van der Waals surface area contributed by atoms with Crippen LogP contribution in [0.5, 0.6) is 0 Å². The monoisotopic (exact) mass is 352 g/mol. The van der Waals surface area contributed by atoms with Gasteiger partial charge >= 0.3 is 0 Å². The first-order chi connectivity index (χ1) is 12.0. The van der Waals surface area contributed by atoms with Gasteiger partial charge in [0.05, 0.1) is 10.6 Å². The van der Waals surface area contributed by atoms with Crippen LogP contribution >= 0.6 is 11.8 Å². The van der Waals surface area contributed by atoms with Crippen LogP contribution in [0.15, 0.2) is 44.6 Å². The maximum Gasteiger partial charge on any atom is 0.264 e. The Morgan fingerprint density at radius 2 is 1.96 bits per heavy atom. The van der Waals surface area contributed by atoms with Crippen LogP contribution in [0, 0.1) is 19.8 Å². The lowest BCUT2D eigenvalue weighted by Crippen LogP contribution is -2.19. The molecule has 1 aromatic heterocycles. The molecule has 1 aliphatic carbocycles. The van der Waals surface area contributed by atoms with E-state index in [2.05, 4.69) is 17.2 Å². The van der Waals surface area contributed by atoms with Crippen molar-refractivity contribution in [3.63, 3.8) is 0 Å². The maximum atomic E-state index is 12.2. The van der Waals surface area contributed by atoms with E-state index in [1.54, 1.807) is 6.08 Å². The molecule has 2 fully saturated rings. The number of amides is 1. The minimum Gasteiger partial charge on any atom is -0.461 e. The number of nitrogens with one attached hydrogen (secondary N) is 1. The number of furan rings is 1. The Hall–Kier alpha value is -2.27. The van der Waals surface area contributed by atoms with E-state index in [4.69, 9.17) is 4.42 Å². The van der Waals surface area contributed by atoms with Gasteiger partial charge < -0.3 is 9.73 Å². The molecule has 4 nitrogen and oxygen atoms in total. The Balaban J connectivity index is 1.56. The molecular weight excluding hydrogens is 332 g/mol. The number of rotatable bonds is 3. The topological polar surface area (TPSA) is 54.6 Å². The van der Waals surface area contributed by atoms with Gasteiger partial charge in [0.1, 0.15) is 11.5 Å². The molecule has 2 heterocycles. The van der Waals surface area contributed by atoms with E-state index < -0.39 is 0 Å². The summed E-state index contributed by atoms with van der Waals surface area (Å²) in [4.78, 5) is 17.5. The number of thioether (sulfide) groups is 1. The van der Waals surface area contributed by atoms with E-state index >= 15 is 0 Å². The molecule has 0 unspecified atom stereocenters. The van der Waals surface area contributed by atoms with Crippen LogP contribution in [-0.2, 0) is 4.79 Å². The highest BCUT2D eigenvalue weighted by Gasteiger charge is 2.36. The fourth-order valence-corrected chi connectivity index (χ4v) is 3.86. The second-order valence-electron chi connectivity index (χ2n) is 6.78. The summed E-state index contributed by atoms with van der Waals surface area (Å²) in [5, 5.41) is 3.45. The third-order valence-electron chi connectivity index (χ3n) is 4.70. The number of carbonyl (C=O) groups excluding carboxylic acids is 1. The highest BCUT2D eigenvalue weighted by molar-refractivity contribution is 8.18. The Kier molecular flexibility index (Phi) is 4.04. The maximum absolute atomic E-state index is 12.2. The highest BCUT2D eigenvalue weighted by atomic mass is 32.2. The minimum atomic E-state index is -0.132. The van der Waals surface area contributed by atoms with Gasteiger partial charge in [0.25, 0.3) is 5.91 Å². The largest absolute Gasteiger partial charge is 0.461 e. The van der Waals surface area contributed by atoms with Gasteiger partial charge in [-0.1, -0.05) is 25.1 Å². The quantitative estimate of drug-likeness (QED) is 0.799. The van der Waals surface area contributed by atoms with Crippen molar-refractivity contribution in [2.45, 2.75) is 33.1 Å². The molecule has 1 aromatic carbocycles. The van der Waals surface area contributed by atoms with Crippen molar-refractivity contribution >= 4 is 34.6 Å². The van der Waals surface area contributed by atoms with Crippen LogP contribution in [0.25, 0.3) is 6.08 Å². The first-order valence-electron chi connectivity index (χ1n) is 8.47. The molecule has 2 aliphatic rings. The normalized spacial score (nSPS) is 25.6. The number of aliphatic imine (C=N–C) groups is 1. The van der Waals surface area contributed by atoms with Crippen LogP contribution < -0.4 is 5.32 Å². The van der Waals surface area contributed by atoms with Gasteiger partial charge in [0.15, 0.2) is 5.17 Å². The van der Waals surface area contributed by atoms with E-state index in [1.807, 2.05) is 44.2 Å². The van der Waals surface area contributed by atoms with E-state index in [0.717, 1.165) is 28.3 Å². The second kappa shape index (κ2) is 6.23. The van der Waals surface area contributed by atoms with Crippen molar-refractivity contribution in [2.75, 3.05) is 0 Å². The van der Waals surface area contributed by atoms with Crippen LogP contribution in [0.4, 0.5) is 5.69 Å². The predicted molar refractivity (Wildman–Crippen MR) is 102 cm³/mol. The van der Waals surface area contributed by atoms with Gasteiger partial charge in [0.2, 0.25) is 0 Å². The number of carbonyl (C=O) groups is 1. The molecule has 0 bridgehead atoms. The first-order valence-corrected chi connectivity index (χ1v) is 9.28. The number of hydrogen-bond donors (Lipinski definition) is 1. The standard InChI is InChI=1S/C20H20N2O2S/c1-11-5-4-6-12(2)18(11)21-20-22-19(23)17(25-20)10-14-7-8-16(24-14)15-9-13(15)3/h4-8,10,13,15H,9H2,1-3H3,(H,21,22,23)/b17-10-/t13-,15+/m1/s1. The van der Waals surface area contributed by atoms with Crippen molar-refractivity contribution in [2.24, 2.45) is 10.9 Å². The molecule has 128 valence electrons. The zero-order chi connectivity index (χ0) is 17.6. The summed E-state index contributed by atoms with van der Waals surface area (Å²) in [5.74, 6) is 2.85. The summed E-state index contributed by atoms with van der Waals surface area (Å²) in [5.41, 5.74) is 3.09. The van der Waals surface area contributed by atoms with E-state index in [0.29, 0.717) is 21.9 Å². The minimum absolute atomic E-state index is 0.132. The third-order valence-corrected chi connectivity index (χ3v) is 5.61. The third kappa shape index (κ3) is 3.29. The van der Waals surface area contributed by atoms with Crippen molar-refractivity contribution in [3.8, 4) is 0 Å². The van der Waals surface area contributed by atoms with Crippen LogP contribution in [-0.4, -0.2) is 11.1 Å². The Labute approximate surface area is 151 Å². The molecule has 1 aliphatic heterocycles. The molecule has 0 spiro atoms. The van der Waals surface area contributed by atoms with Crippen molar-refractivity contribution in [1.82, 2.24) is 5.32 Å². The molecule has 1 N–H and O–H groups in total. The molecule has 2 atom stereocenters. The second-order valence-corrected chi connectivity index (χ2v) is 7.81. The van der Waals surface area contributed by atoms with E-state index in [9.17, 15) is 4.79 Å². The van der Waals surface area contributed by atoms with E-state index in [1.165, 1.54) is 18.2 Å². The smallest absolute Gasteiger partial charge is 0.264 e. The van der Waals surface area contributed by atoms with Crippen molar-refractivity contribution in [1.29, 1.82) is 0 Å². The zero-order valence-corrected chi connectivity index (χ0v) is 15.3. The summed E-state index contributed by atoms with van der Waals surface area (Å²) in [6, 6.07) is 10.0. The molecule has 1 amide bonds. The van der Waals surface area contributed by atoms with Crippen molar-refractivity contribution in [3.05, 3.63) is 57.9 Å². The van der Waals surface area contributed by atoms with Gasteiger partial charge in [-0.15, -0.1) is 0 Å². The first kappa shape index (κ1) is 16.2. The van der Waals surface area contributed by atoms with Crippen molar-refractivity contribution < 1.29 is 9.21 Å². The summed E-state index contributed by atoms with van der Waals surface area (Å²) in [6.45, 7) is 6.27. The fraction of sp³-hybridized carbons (Fsp3) is 0.300. The van der Waals surface area contributed by atoms with E-state index in [-0.39, 0.29) is 5.91 Å². The number of para-hydroxylation sites is 1. The molecule has 1 saturated carbocycles. The number of amidine groups is 1. The summed E-state index contributed by atoms with van der Waals surface area (Å²) in [7, 11) is 0. The summed E-state index contributed by atoms with van der Waals surface area (Å²) < 4.78 is 5.87. The molecule has 0 radical (unpaired) electrons. The number of benzene rings is 1. The number of nitrogens with zero attached hydrogens (tertiary/aromatic N) is 1. The van der Waals surface area contributed by atoms with Crippen LogP contribution in [0.1, 0.15) is 41.9 Å². The van der Waals surface area contributed by atoms with Crippen LogP contribution in [0.2, 0.25) is 0 Å². The zero-order valence-electron chi connectivity index (χ0n) is 14.5. The van der Waals surface area contributed by atoms with Gasteiger partial charge in [0, 0.05) is 12.0 Å². The molecule has 1 saturated heterocycles. The molecular formula is C20H20N2O2S. The predicted octanol–water partition coefficient (Wildman–Crippen LogP) is 4.91. The summed E-state index contributed by atoms with van der Waals surface area (Å²) in [6.07, 6.45) is 2.98. The van der Waals surface area contributed by atoms with Gasteiger partial charge in [-0.25, -0.2) is 4.99 Å². The summed E-state index contributed by atoms with van der Waals surface area (Å²) >= 11 is 1.35. The fourth-order valence-electron chi connectivity index (χ4n) is 3.06.